The minimum Gasteiger partial charge on any atom is -0.360 e. The van der Waals surface area contributed by atoms with Crippen molar-refractivity contribution in [3.63, 3.8) is 0 Å². The normalized spacial score (nSPS) is 11.3. The maximum atomic E-state index is 12.6. The molecular formula is C16H9ClN2O3S. The zero-order valence-corrected chi connectivity index (χ0v) is 13.1. The van der Waals surface area contributed by atoms with Crippen molar-refractivity contribution in [2.45, 2.75) is 9.79 Å². The van der Waals surface area contributed by atoms with E-state index in [-0.39, 0.29) is 15.2 Å². The van der Waals surface area contributed by atoms with Crippen LogP contribution in [0.15, 0.2) is 63.2 Å². The van der Waals surface area contributed by atoms with Crippen molar-refractivity contribution in [3.05, 3.63) is 69.5 Å². The summed E-state index contributed by atoms with van der Waals surface area (Å²) in [5.74, 6) is 0. The quantitative estimate of drug-likeness (QED) is 0.773. The summed E-state index contributed by atoms with van der Waals surface area (Å²) >= 11 is 5.86. The van der Waals surface area contributed by atoms with Gasteiger partial charge in [0, 0.05) is 16.6 Å². The monoisotopic (exact) mass is 344 g/mol. The number of nitrogens with zero attached hydrogens (tertiary/aromatic N) is 1. The van der Waals surface area contributed by atoms with Crippen molar-refractivity contribution in [1.29, 1.82) is 5.26 Å². The molecule has 0 atom stereocenters. The van der Waals surface area contributed by atoms with E-state index in [9.17, 15) is 13.2 Å². The van der Waals surface area contributed by atoms with Gasteiger partial charge in [-0.25, -0.2) is 8.42 Å². The summed E-state index contributed by atoms with van der Waals surface area (Å²) < 4.78 is 25.3. The third-order valence-corrected chi connectivity index (χ3v) is 5.40. The molecule has 0 saturated carbocycles. The zero-order chi connectivity index (χ0) is 16.6. The zero-order valence-electron chi connectivity index (χ0n) is 11.6. The van der Waals surface area contributed by atoms with Gasteiger partial charge < -0.3 is 4.98 Å². The van der Waals surface area contributed by atoms with Gasteiger partial charge in [-0.3, -0.25) is 4.79 Å². The third-order valence-electron chi connectivity index (χ3n) is 3.39. The highest BCUT2D eigenvalue weighted by Gasteiger charge is 2.22. The number of sulfone groups is 1. The molecule has 0 spiro atoms. The van der Waals surface area contributed by atoms with Gasteiger partial charge in [0.15, 0.2) is 0 Å². The van der Waals surface area contributed by atoms with Gasteiger partial charge in [-0.1, -0.05) is 11.6 Å². The van der Waals surface area contributed by atoms with E-state index >= 15 is 0 Å². The van der Waals surface area contributed by atoms with Crippen molar-refractivity contribution in [2.24, 2.45) is 0 Å². The van der Waals surface area contributed by atoms with Crippen LogP contribution in [0.5, 0.6) is 0 Å². The van der Waals surface area contributed by atoms with Crippen LogP contribution >= 0.6 is 11.6 Å². The molecule has 0 radical (unpaired) electrons. The highest BCUT2D eigenvalue weighted by Crippen LogP contribution is 2.21. The summed E-state index contributed by atoms with van der Waals surface area (Å²) in [7, 11) is -3.98. The van der Waals surface area contributed by atoms with Gasteiger partial charge >= 0.3 is 0 Å². The van der Waals surface area contributed by atoms with Crippen LogP contribution in [0.1, 0.15) is 5.56 Å². The Morgan fingerprint density at radius 2 is 1.78 bits per heavy atom. The summed E-state index contributed by atoms with van der Waals surface area (Å²) in [4.78, 5) is 14.9. The molecule has 0 unspecified atom stereocenters. The fourth-order valence-corrected chi connectivity index (χ4v) is 3.70. The second kappa shape index (κ2) is 5.54. The molecule has 0 aliphatic heterocycles. The predicted octanol–water partition coefficient (Wildman–Crippen LogP) is 2.89. The second-order valence-corrected chi connectivity index (χ2v) is 7.17. The Kier molecular flexibility index (Phi) is 3.68. The number of hydrogen-bond donors (Lipinski definition) is 1. The molecule has 114 valence electrons. The number of nitrogens with one attached hydrogen (secondary N) is 1. The topological polar surface area (TPSA) is 90.8 Å². The molecule has 0 fully saturated rings. The van der Waals surface area contributed by atoms with E-state index in [1.165, 1.54) is 36.4 Å². The van der Waals surface area contributed by atoms with Crippen molar-refractivity contribution in [2.75, 3.05) is 0 Å². The van der Waals surface area contributed by atoms with E-state index in [0.29, 0.717) is 16.1 Å². The lowest BCUT2D eigenvalue weighted by molar-refractivity contribution is 0.595. The first-order valence-electron chi connectivity index (χ1n) is 6.50. The summed E-state index contributed by atoms with van der Waals surface area (Å²) in [6.07, 6.45) is 1.16. The molecule has 2 aromatic carbocycles. The molecule has 1 aromatic heterocycles. The van der Waals surface area contributed by atoms with E-state index in [2.05, 4.69) is 4.98 Å². The van der Waals surface area contributed by atoms with Crippen LogP contribution in [-0.4, -0.2) is 13.4 Å². The van der Waals surface area contributed by atoms with Crippen molar-refractivity contribution in [3.8, 4) is 6.07 Å². The van der Waals surface area contributed by atoms with Crippen LogP contribution in [0, 0.1) is 11.3 Å². The standard InChI is InChI=1S/C16H9ClN2O3S/c17-11-3-6-13-14(7-11)19-9-15(16(13)20)23(21,22)12-4-1-10(8-18)2-5-12/h1-7,9H,(H,19,20). The molecular weight excluding hydrogens is 336 g/mol. The molecule has 3 rings (SSSR count). The molecule has 0 saturated heterocycles. The number of nitriles is 1. The highest BCUT2D eigenvalue weighted by atomic mass is 35.5. The lowest BCUT2D eigenvalue weighted by Gasteiger charge is -2.06. The summed E-state index contributed by atoms with van der Waals surface area (Å²) in [6, 6.07) is 11.9. The number of fused-ring (bicyclic) bond motifs is 1. The summed E-state index contributed by atoms with van der Waals surface area (Å²) in [6.45, 7) is 0. The number of rotatable bonds is 2. The van der Waals surface area contributed by atoms with Crippen LogP contribution in [0.25, 0.3) is 10.9 Å². The Bertz CT molecular complexity index is 1110. The van der Waals surface area contributed by atoms with E-state index in [0.717, 1.165) is 6.20 Å². The van der Waals surface area contributed by atoms with Crippen molar-refractivity contribution >= 4 is 32.3 Å². The first-order valence-corrected chi connectivity index (χ1v) is 8.36. The molecule has 0 aliphatic carbocycles. The van der Waals surface area contributed by atoms with Crippen LogP contribution in [0.4, 0.5) is 0 Å². The van der Waals surface area contributed by atoms with Gasteiger partial charge in [0.25, 0.3) is 0 Å². The van der Waals surface area contributed by atoms with E-state index in [4.69, 9.17) is 16.9 Å². The average molecular weight is 345 g/mol. The molecule has 7 heteroatoms. The Balaban J connectivity index is 2.22. The molecule has 0 aliphatic rings. The van der Waals surface area contributed by atoms with Gasteiger partial charge in [-0.2, -0.15) is 5.26 Å². The second-order valence-electron chi connectivity index (χ2n) is 4.81. The maximum absolute atomic E-state index is 12.6. The van der Waals surface area contributed by atoms with Gasteiger partial charge in [-0.15, -0.1) is 0 Å². The Hall–Kier alpha value is -2.62. The predicted molar refractivity (Wildman–Crippen MR) is 86.2 cm³/mol. The van der Waals surface area contributed by atoms with Gasteiger partial charge in [0.05, 0.1) is 22.0 Å². The van der Waals surface area contributed by atoms with Gasteiger partial charge in [0.1, 0.15) is 4.90 Å². The van der Waals surface area contributed by atoms with Gasteiger partial charge in [0.2, 0.25) is 15.3 Å². The van der Waals surface area contributed by atoms with Crippen LogP contribution < -0.4 is 5.43 Å². The number of halogens is 1. The fourth-order valence-electron chi connectivity index (χ4n) is 2.21. The Labute approximate surface area is 136 Å². The average Bonchev–Trinajstić information content (AvgIpc) is 2.54. The minimum atomic E-state index is -3.98. The molecule has 1 heterocycles. The number of aromatic nitrogens is 1. The summed E-state index contributed by atoms with van der Waals surface area (Å²) in [5.41, 5.74) is 0.201. The lowest BCUT2D eigenvalue weighted by atomic mass is 10.2. The van der Waals surface area contributed by atoms with Crippen molar-refractivity contribution < 1.29 is 8.42 Å². The van der Waals surface area contributed by atoms with Crippen LogP contribution in [0.2, 0.25) is 5.02 Å². The Morgan fingerprint density at radius 1 is 1.09 bits per heavy atom. The van der Waals surface area contributed by atoms with Gasteiger partial charge in [-0.05, 0) is 42.5 Å². The first kappa shape index (κ1) is 15.3. The van der Waals surface area contributed by atoms with E-state index in [1.807, 2.05) is 6.07 Å². The van der Waals surface area contributed by atoms with Crippen molar-refractivity contribution in [1.82, 2.24) is 4.98 Å². The smallest absolute Gasteiger partial charge is 0.211 e. The molecule has 0 bridgehead atoms. The number of hydrogen-bond acceptors (Lipinski definition) is 4. The maximum Gasteiger partial charge on any atom is 0.211 e. The summed E-state index contributed by atoms with van der Waals surface area (Å²) in [5, 5.41) is 9.45. The Morgan fingerprint density at radius 3 is 2.43 bits per heavy atom. The fraction of sp³-hybridized carbons (Fsp3) is 0. The highest BCUT2D eigenvalue weighted by molar-refractivity contribution is 7.91. The van der Waals surface area contributed by atoms with E-state index in [1.54, 1.807) is 6.07 Å². The lowest BCUT2D eigenvalue weighted by Crippen LogP contribution is -2.16. The number of benzene rings is 2. The first-order chi connectivity index (χ1) is 10.9. The molecule has 3 aromatic rings. The van der Waals surface area contributed by atoms with Crippen LogP contribution in [-0.2, 0) is 9.84 Å². The molecule has 5 nitrogen and oxygen atoms in total. The molecule has 0 amide bonds. The minimum absolute atomic E-state index is 0.0460. The molecule has 1 N–H and O–H groups in total. The van der Waals surface area contributed by atoms with E-state index < -0.39 is 15.3 Å². The SMILES string of the molecule is N#Cc1ccc(S(=O)(=O)c2c[nH]c3cc(Cl)ccc3c2=O)cc1. The van der Waals surface area contributed by atoms with Crippen LogP contribution in [0.3, 0.4) is 0 Å². The third kappa shape index (κ3) is 2.61. The molecule has 23 heavy (non-hydrogen) atoms. The number of H-pyrrole nitrogens is 1. The number of aromatic amines is 1. The largest absolute Gasteiger partial charge is 0.360 e. The number of pyridine rings is 1.